The number of carbonyl (C=O) groups excluding carboxylic acids is 1. The van der Waals surface area contributed by atoms with Crippen LogP contribution in [0.5, 0.6) is 0 Å². The predicted molar refractivity (Wildman–Crippen MR) is 123 cm³/mol. The standard InChI is InChI=1S/C21H18ClN5OS2/c1-13-6-8-15(9-7-13)18-11-23-21(27(18)17-5-3-4-16(22)10-17)29-12-19(28)24-20-26-25-14(2)30-20/h3-11H,12H2,1-2H3,(H,24,26,28). The first-order valence-electron chi connectivity index (χ1n) is 9.13. The van der Waals surface area contributed by atoms with Gasteiger partial charge in [0.15, 0.2) is 5.16 Å². The summed E-state index contributed by atoms with van der Waals surface area (Å²) in [4.78, 5) is 16.9. The highest BCUT2D eigenvalue weighted by molar-refractivity contribution is 7.99. The summed E-state index contributed by atoms with van der Waals surface area (Å²) in [5, 5.41) is 13.3. The second-order valence-corrected chi connectivity index (χ2v) is 9.13. The van der Waals surface area contributed by atoms with Crippen LogP contribution in [0.3, 0.4) is 0 Å². The van der Waals surface area contributed by atoms with E-state index in [9.17, 15) is 4.79 Å². The monoisotopic (exact) mass is 455 g/mol. The molecule has 1 N–H and O–H groups in total. The van der Waals surface area contributed by atoms with Crippen molar-refractivity contribution in [3.05, 3.63) is 70.3 Å². The van der Waals surface area contributed by atoms with Gasteiger partial charge in [-0.05, 0) is 32.0 Å². The van der Waals surface area contributed by atoms with E-state index in [1.54, 1.807) is 0 Å². The molecule has 0 saturated heterocycles. The fraction of sp³-hybridized carbons (Fsp3) is 0.143. The van der Waals surface area contributed by atoms with Gasteiger partial charge in [-0.25, -0.2) is 4.98 Å². The molecule has 0 saturated carbocycles. The molecule has 4 rings (SSSR count). The molecule has 0 fully saturated rings. The fourth-order valence-electron chi connectivity index (χ4n) is 2.86. The summed E-state index contributed by atoms with van der Waals surface area (Å²) in [6, 6.07) is 15.8. The molecule has 0 atom stereocenters. The predicted octanol–water partition coefficient (Wildman–Crippen LogP) is 5.39. The van der Waals surface area contributed by atoms with Gasteiger partial charge in [-0.15, -0.1) is 10.2 Å². The molecule has 0 aliphatic rings. The third-order valence-electron chi connectivity index (χ3n) is 4.25. The van der Waals surface area contributed by atoms with Gasteiger partial charge in [0.05, 0.1) is 17.6 Å². The zero-order valence-corrected chi connectivity index (χ0v) is 18.7. The van der Waals surface area contributed by atoms with Crippen molar-refractivity contribution in [1.82, 2.24) is 19.7 Å². The number of benzene rings is 2. The number of nitrogens with one attached hydrogen (secondary N) is 1. The number of anilines is 1. The Morgan fingerprint density at radius 2 is 1.97 bits per heavy atom. The molecular formula is C21H18ClN5OS2. The molecule has 0 bridgehead atoms. The summed E-state index contributed by atoms with van der Waals surface area (Å²) in [7, 11) is 0. The van der Waals surface area contributed by atoms with Crippen LogP contribution in [0.4, 0.5) is 5.13 Å². The molecule has 30 heavy (non-hydrogen) atoms. The van der Waals surface area contributed by atoms with Crippen molar-refractivity contribution in [2.24, 2.45) is 0 Å². The van der Waals surface area contributed by atoms with Crippen LogP contribution in [0.1, 0.15) is 10.6 Å². The molecule has 0 radical (unpaired) electrons. The maximum absolute atomic E-state index is 12.4. The van der Waals surface area contributed by atoms with Gasteiger partial charge in [-0.3, -0.25) is 14.7 Å². The second-order valence-electron chi connectivity index (χ2n) is 6.57. The topological polar surface area (TPSA) is 72.7 Å². The minimum absolute atomic E-state index is 0.159. The van der Waals surface area contributed by atoms with Gasteiger partial charge in [-0.1, -0.05) is 70.6 Å². The van der Waals surface area contributed by atoms with Crippen LogP contribution in [-0.2, 0) is 4.79 Å². The van der Waals surface area contributed by atoms with Crippen molar-refractivity contribution < 1.29 is 4.79 Å². The Hall–Kier alpha value is -2.68. The third-order valence-corrected chi connectivity index (χ3v) is 6.19. The first-order valence-corrected chi connectivity index (χ1v) is 11.3. The lowest BCUT2D eigenvalue weighted by atomic mass is 10.1. The normalized spacial score (nSPS) is 10.9. The van der Waals surface area contributed by atoms with Crippen LogP contribution in [0, 0.1) is 13.8 Å². The molecule has 152 valence electrons. The van der Waals surface area contributed by atoms with Gasteiger partial charge < -0.3 is 0 Å². The van der Waals surface area contributed by atoms with E-state index in [1.165, 1.54) is 28.7 Å². The molecule has 4 aromatic rings. The summed E-state index contributed by atoms with van der Waals surface area (Å²) < 4.78 is 2.02. The van der Waals surface area contributed by atoms with Gasteiger partial charge in [-0.2, -0.15) is 0 Å². The number of halogens is 1. The number of aryl methyl sites for hydroxylation is 2. The largest absolute Gasteiger partial charge is 0.300 e. The van der Waals surface area contributed by atoms with E-state index in [-0.39, 0.29) is 11.7 Å². The zero-order chi connectivity index (χ0) is 21.1. The van der Waals surface area contributed by atoms with Crippen LogP contribution >= 0.6 is 34.7 Å². The van der Waals surface area contributed by atoms with E-state index in [4.69, 9.17) is 11.6 Å². The highest BCUT2D eigenvalue weighted by Gasteiger charge is 2.16. The van der Waals surface area contributed by atoms with Crippen molar-refractivity contribution in [1.29, 1.82) is 0 Å². The average Bonchev–Trinajstić information content (AvgIpc) is 3.33. The summed E-state index contributed by atoms with van der Waals surface area (Å²) in [6.07, 6.45) is 1.82. The minimum Gasteiger partial charge on any atom is -0.300 e. The first kappa shape index (κ1) is 20.6. The SMILES string of the molecule is Cc1ccc(-c2cnc(SCC(=O)Nc3nnc(C)s3)n2-c2cccc(Cl)c2)cc1. The molecular weight excluding hydrogens is 438 g/mol. The van der Waals surface area contributed by atoms with Crippen molar-refractivity contribution in [3.8, 4) is 16.9 Å². The summed E-state index contributed by atoms with van der Waals surface area (Å²) in [6.45, 7) is 3.90. The lowest BCUT2D eigenvalue weighted by Crippen LogP contribution is -2.14. The number of nitrogens with zero attached hydrogens (tertiary/aromatic N) is 4. The molecule has 0 unspecified atom stereocenters. The van der Waals surface area contributed by atoms with Crippen LogP contribution in [-0.4, -0.2) is 31.4 Å². The molecule has 0 aliphatic carbocycles. The van der Waals surface area contributed by atoms with Crippen molar-refractivity contribution >= 4 is 45.7 Å². The number of hydrogen-bond donors (Lipinski definition) is 1. The Balaban J connectivity index is 1.62. The van der Waals surface area contributed by atoms with Crippen LogP contribution in [0.25, 0.3) is 16.9 Å². The number of hydrogen-bond acceptors (Lipinski definition) is 6. The molecule has 6 nitrogen and oxygen atoms in total. The average molecular weight is 456 g/mol. The number of carbonyl (C=O) groups is 1. The number of aromatic nitrogens is 4. The minimum atomic E-state index is -0.159. The first-order chi connectivity index (χ1) is 14.5. The van der Waals surface area contributed by atoms with Gasteiger partial charge in [0, 0.05) is 16.3 Å². The van der Waals surface area contributed by atoms with Gasteiger partial charge >= 0.3 is 0 Å². The van der Waals surface area contributed by atoms with E-state index in [0.29, 0.717) is 15.3 Å². The second kappa shape index (κ2) is 8.99. The van der Waals surface area contributed by atoms with Crippen molar-refractivity contribution in [3.63, 3.8) is 0 Å². The maximum atomic E-state index is 12.4. The van der Waals surface area contributed by atoms with Gasteiger partial charge in [0.1, 0.15) is 5.01 Å². The molecule has 0 aliphatic heterocycles. The number of imidazole rings is 1. The lowest BCUT2D eigenvalue weighted by molar-refractivity contribution is -0.113. The molecule has 1 amide bonds. The van der Waals surface area contributed by atoms with Crippen LogP contribution in [0.15, 0.2) is 59.9 Å². The molecule has 2 aromatic carbocycles. The number of rotatable bonds is 6. The molecule has 9 heteroatoms. The fourth-order valence-corrected chi connectivity index (χ4v) is 4.45. The highest BCUT2D eigenvalue weighted by Crippen LogP contribution is 2.31. The van der Waals surface area contributed by atoms with E-state index in [0.717, 1.165) is 22.0 Å². The molecule has 2 heterocycles. The number of thioether (sulfide) groups is 1. The highest BCUT2D eigenvalue weighted by atomic mass is 35.5. The third kappa shape index (κ3) is 4.72. The smallest absolute Gasteiger partial charge is 0.236 e. The quantitative estimate of drug-likeness (QED) is 0.394. The van der Waals surface area contributed by atoms with E-state index in [2.05, 4.69) is 51.7 Å². The summed E-state index contributed by atoms with van der Waals surface area (Å²) in [5.74, 6) is 0.0393. The Kier molecular flexibility index (Phi) is 6.17. The Bertz CT molecular complexity index is 1190. The Morgan fingerprint density at radius 3 is 2.67 bits per heavy atom. The van der Waals surface area contributed by atoms with Gasteiger partial charge in [0.2, 0.25) is 11.0 Å². The zero-order valence-electron chi connectivity index (χ0n) is 16.3. The van der Waals surface area contributed by atoms with Crippen LogP contribution in [0.2, 0.25) is 5.02 Å². The van der Waals surface area contributed by atoms with Crippen LogP contribution < -0.4 is 5.32 Å². The van der Waals surface area contributed by atoms with Crippen molar-refractivity contribution in [2.45, 2.75) is 19.0 Å². The molecule has 2 aromatic heterocycles. The summed E-state index contributed by atoms with van der Waals surface area (Å²) >= 11 is 8.93. The number of amides is 1. The Labute approximate surface area is 187 Å². The van der Waals surface area contributed by atoms with Crippen molar-refractivity contribution in [2.75, 3.05) is 11.1 Å². The van der Waals surface area contributed by atoms with E-state index < -0.39 is 0 Å². The van der Waals surface area contributed by atoms with E-state index >= 15 is 0 Å². The maximum Gasteiger partial charge on any atom is 0.236 e. The molecule has 0 spiro atoms. The lowest BCUT2D eigenvalue weighted by Gasteiger charge is -2.12. The van der Waals surface area contributed by atoms with Gasteiger partial charge in [0.25, 0.3) is 0 Å². The summed E-state index contributed by atoms with van der Waals surface area (Å²) in [5.41, 5.74) is 4.04. The van der Waals surface area contributed by atoms with E-state index in [1.807, 2.05) is 42.0 Å². The Morgan fingerprint density at radius 1 is 1.17 bits per heavy atom.